The molecule has 0 heterocycles. The monoisotopic (exact) mass is 332 g/mol. The van der Waals surface area contributed by atoms with Crippen molar-refractivity contribution in [1.29, 1.82) is 5.26 Å². The Labute approximate surface area is 126 Å². The van der Waals surface area contributed by atoms with E-state index in [0.717, 1.165) is 27.7 Å². The summed E-state index contributed by atoms with van der Waals surface area (Å²) in [6, 6.07) is 12.5. The van der Waals surface area contributed by atoms with Gasteiger partial charge in [-0.25, -0.2) is 4.39 Å². The van der Waals surface area contributed by atoms with Crippen molar-refractivity contribution in [2.75, 3.05) is 11.9 Å². The molecule has 0 unspecified atom stereocenters. The van der Waals surface area contributed by atoms with E-state index < -0.39 is 0 Å². The number of nitrogens with zero attached hydrogens (tertiary/aromatic N) is 1. The topological polar surface area (TPSA) is 35.8 Å². The summed E-state index contributed by atoms with van der Waals surface area (Å²) in [6.45, 7) is 2.59. The lowest BCUT2D eigenvalue weighted by Gasteiger charge is -2.10. The quantitative estimate of drug-likeness (QED) is 0.899. The van der Waals surface area contributed by atoms with Crippen LogP contribution in [-0.4, -0.2) is 6.54 Å². The maximum absolute atomic E-state index is 13.0. The Kier molecular flexibility index (Phi) is 4.75. The third-order valence-electron chi connectivity index (χ3n) is 3.12. The number of aryl methyl sites for hydroxylation is 1. The number of anilines is 1. The summed E-state index contributed by atoms with van der Waals surface area (Å²) in [4.78, 5) is 0. The van der Waals surface area contributed by atoms with Gasteiger partial charge in [0.1, 0.15) is 11.9 Å². The lowest BCUT2D eigenvalue weighted by atomic mass is 10.1. The van der Waals surface area contributed by atoms with Gasteiger partial charge in [-0.1, -0.05) is 22.0 Å². The minimum absolute atomic E-state index is 0.210. The standard InChI is InChI=1S/C16H14BrFN2/c1-11-8-15(18)5-3-12(11)6-7-20-16-9-14(17)4-2-13(16)10-19/h2-5,8-9,20H,6-7H2,1H3. The van der Waals surface area contributed by atoms with E-state index in [0.29, 0.717) is 12.1 Å². The summed E-state index contributed by atoms with van der Waals surface area (Å²) in [5, 5.41) is 12.3. The second kappa shape index (κ2) is 6.53. The molecule has 2 nitrogen and oxygen atoms in total. The fourth-order valence-corrected chi connectivity index (χ4v) is 2.39. The van der Waals surface area contributed by atoms with Crippen LogP contribution >= 0.6 is 15.9 Å². The van der Waals surface area contributed by atoms with Crippen LogP contribution in [0.25, 0.3) is 0 Å². The van der Waals surface area contributed by atoms with Crippen molar-refractivity contribution in [3.63, 3.8) is 0 Å². The van der Waals surface area contributed by atoms with Crippen molar-refractivity contribution in [2.45, 2.75) is 13.3 Å². The first kappa shape index (κ1) is 14.5. The molecule has 0 spiro atoms. The molecule has 0 saturated carbocycles. The number of nitrogens with one attached hydrogen (secondary N) is 1. The van der Waals surface area contributed by atoms with Crippen LogP contribution in [0.2, 0.25) is 0 Å². The van der Waals surface area contributed by atoms with E-state index in [1.54, 1.807) is 12.1 Å². The maximum atomic E-state index is 13.0. The first-order chi connectivity index (χ1) is 9.60. The van der Waals surface area contributed by atoms with Gasteiger partial charge in [-0.3, -0.25) is 0 Å². The number of rotatable bonds is 4. The number of hydrogen-bond donors (Lipinski definition) is 1. The van der Waals surface area contributed by atoms with Crippen LogP contribution in [0.5, 0.6) is 0 Å². The molecule has 1 N–H and O–H groups in total. The number of halogens is 2. The van der Waals surface area contributed by atoms with Gasteiger partial charge in [0.05, 0.1) is 11.3 Å². The number of hydrogen-bond acceptors (Lipinski definition) is 2. The Bertz CT molecular complexity index is 662. The lowest BCUT2D eigenvalue weighted by Crippen LogP contribution is -2.07. The summed E-state index contributed by atoms with van der Waals surface area (Å²) < 4.78 is 13.9. The molecule has 20 heavy (non-hydrogen) atoms. The molecule has 0 aliphatic heterocycles. The fraction of sp³-hybridized carbons (Fsp3) is 0.188. The van der Waals surface area contributed by atoms with Crippen molar-refractivity contribution in [3.05, 3.63) is 63.4 Å². The molecule has 0 radical (unpaired) electrons. The number of nitriles is 1. The molecule has 2 aromatic carbocycles. The third-order valence-corrected chi connectivity index (χ3v) is 3.61. The summed E-state index contributed by atoms with van der Waals surface area (Å²) in [6.07, 6.45) is 0.781. The van der Waals surface area contributed by atoms with Gasteiger partial charge in [-0.2, -0.15) is 5.26 Å². The minimum Gasteiger partial charge on any atom is -0.384 e. The van der Waals surface area contributed by atoms with E-state index in [1.165, 1.54) is 12.1 Å². The van der Waals surface area contributed by atoms with Crippen LogP contribution in [0.4, 0.5) is 10.1 Å². The zero-order chi connectivity index (χ0) is 14.5. The molecule has 0 atom stereocenters. The van der Waals surface area contributed by atoms with Crippen molar-refractivity contribution < 1.29 is 4.39 Å². The van der Waals surface area contributed by atoms with E-state index >= 15 is 0 Å². The molecular weight excluding hydrogens is 319 g/mol. The predicted molar refractivity (Wildman–Crippen MR) is 82.2 cm³/mol. The van der Waals surface area contributed by atoms with Gasteiger partial charge in [-0.05, 0) is 54.8 Å². The first-order valence-electron chi connectivity index (χ1n) is 6.28. The van der Waals surface area contributed by atoms with Crippen LogP contribution in [0, 0.1) is 24.1 Å². The minimum atomic E-state index is -0.210. The van der Waals surface area contributed by atoms with Gasteiger partial charge >= 0.3 is 0 Å². The van der Waals surface area contributed by atoms with Crippen LogP contribution in [0.1, 0.15) is 16.7 Å². The Hall–Kier alpha value is -1.86. The van der Waals surface area contributed by atoms with E-state index in [4.69, 9.17) is 5.26 Å². The van der Waals surface area contributed by atoms with Crippen molar-refractivity contribution >= 4 is 21.6 Å². The molecule has 0 aromatic heterocycles. The van der Waals surface area contributed by atoms with E-state index in [9.17, 15) is 4.39 Å². The second-order valence-electron chi connectivity index (χ2n) is 4.55. The van der Waals surface area contributed by atoms with E-state index in [1.807, 2.05) is 19.1 Å². The molecule has 2 aromatic rings. The average molecular weight is 333 g/mol. The smallest absolute Gasteiger partial charge is 0.123 e. The summed E-state index contributed by atoms with van der Waals surface area (Å²) in [7, 11) is 0. The average Bonchev–Trinajstić information content (AvgIpc) is 2.41. The highest BCUT2D eigenvalue weighted by atomic mass is 79.9. The lowest BCUT2D eigenvalue weighted by molar-refractivity contribution is 0.625. The molecule has 2 rings (SSSR count). The summed E-state index contributed by atoms with van der Waals surface area (Å²) >= 11 is 3.39. The molecule has 0 aliphatic rings. The molecule has 0 fully saturated rings. The highest BCUT2D eigenvalue weighted by Gasteiger charge is 2.04. The van der Waals surface area contributed by atoms with Crippen LogP contribution < -0.4 is 5.32 Å². The maximum Gasteiger partial charge on any atom is 0.123 e. The van der Waals surface area contributed by atoms with Crippen LogP contribution in [-0.2, 0) is 6.42 Å². The zero-order valence-corrected chi connectivity index (χ0v) is 12.7. The van der Waals surface area contributed by atoms with Gasteiger partial charge in [0.25, 0.3) is 0 Å². The van der Waals surface area contributed by atoms with Gasteiger partial charge in [0, 0.05) is 11.0 Å². The Morgan fingerprint density at radius 3 is 2.75 bits per heavy atom. The van der Waals surface area contributed by atoms with Crippen LogP contribution in [0.3, 0.4) is 0 Å². The molecule has 4 heteroatoms. The van der Waals surface area contributed by atoms with Gasteiger partial charge in [-0.15, -0.1) is 0 Å². The Balaban J connectivity index is 2.03. The molecule has 0 aliphatic carbocycles. The fourth-order valence-electron chi connectivity index (χ4n) is 2.03. The molecule has 0 amide bonds. The highest BCUT2D eigenvalue weighted by molar-refractivity contribution is 9.10. The Morgan fingerprint density at radius 1 is 1.25 bits per heavy atom. The van der Waals surface area contributed by atoms with Crippen molar-refractivity contribution in [1.82, 2.24) is 0 Å². The molecule has 102 valence electrons. The van der Waals surface area contributed by atoms with Gasteiger partial charge < -0.3 is 5.32 Å². The SMILES string of the molecule is Cc1cc(F)ccc1CCNc1cc(Br)ccc1C#N. The van der Waals surface area contributed by atoms with Gasteiger partial charge in [0.2, 0.25) is 0 Å². The van der Waals surface area contributed by atoms with Crippen molar-refractivity contribution in [3.8, 4) is 6.07 Å². The predicted octanol–water partition coefficient (Wildman–Crippen LogP) is 4.42. The second-order valence-corrected chi connectivity index (χ2v) is 5.46. The molecule has 0 bridgehead atoms. The normalized spacial score (nSPS) is 10.1. The largest absolute Gasteiger partial charge is 0.384 e. The number of benzene rings is 2. The van der Waals surface area contributed by atoms with Crippen molar-refractivity contribution in [2.24, 2.45) is 0 Å². The summed E-state index contributed by atoms with van der Waals surface area (Å²) in [5.74, 6) is -0.210. The zero-order valence-electron chi connectivity index (χ0n) is 11.1. The Morgan fingerprint density at radius 2 is 2.05 bits per heavy atom. The molecule has 0 saturated heterocycles. The third kappa shape index (κ3) is 3.58. The first-order valence-corrected chi connectivity index (χ1v) is 7.08. The van der Waals surface area contributed by atoms with Gasteiger partial charge in [0.15, 0.2) is 0 Å². The van der Waals surface area contributed by atoms with Crippen LogP contribution in [0.15, 0.2) is 40.9 Å². The summed E-state index contributed by atoms with van der Waals surface area (Å²) in [5.41, 5.74) is 3.47. The van der Waals surface area contributed by atoms with E-state index in [-0.39, 0.29) is 5.82 Å². The highest BCUT2D eigenvalue weighted by Crippen LogP contribution is 2.21. The van der Waals surface area contributed by atoms with E-state index in [2.05, 4.69) is 27.3 Å². The molecular formula is C16H14BrFN2.